The number of carbonyl (C=O) groups excluding carboxylic acids is 2. The Morgan fingerprint density at radius 2 is 1.68 bits per heavy atom. The van der Waals surface area contributed by atoms with E-state index in [0.717, 1.165) is 50.8 Å². The number of amides is 1. The van der Waals surface area contributed by atoms with E-state index < -0.39 is 0 Å². The van der Waals surface area contributed by atoms with E-state index in [1.54, 1.807) is 0 Å². The number of methoxy groups -OCH3 is 1. The number of carbonyl (C=O) groups is 2. The van der Waals surface area contributed by atoms with Crippen LogP contribution in [0, 0.1) is 5.92 Å². The van der Waals surface area contributed by atoms with Gasteiger partial charge in [-0.15, -0.1) is 0 Å². The van der Waals surface area contributed by atoms with Crippen LogP contribution < -0.4 is 5.32 Å². The van der Waals surface area contributed by atoms with Crippen molar-refractivity contribution in [1.29, 1.82) is 0 Å². The van der Waals surface area contributed by atoms with Gasteiger partial charge in [0, 0.05) is 18.0 Å². The summed E-state index contributed by atoms with van der Waals surface area (Å²) < 4.78 is 4.72. The zero-order valence-corrected chi connectivity index (χ0v) is 17.3. The van der Waals surface area contributed by atoms with Crippen molar-refractivity contribution >= 4 is 11.9 Å². The molecule has 0 unspecified atom stereocenters. The molecule has 0 spiro atoms. The van der Waals surface area contributed by atoms with Crippen LogP contribution in [0.2, 0.25) is 0 Å². The van der Waals surface area contributed by atoms with Crippen molar-refractivity contribution in [2.45, 2.75) is 63.3 Å². The van der Waals surface area contributed by atoms with E-state index in [2.05, 4.69) is 29.4 Å². The molecule has 1 heterocycles. The quantitative estimate of drug-likeness (QED) is 0.757. The first-order valence-corrected chi connectivity index (χ1v) is 10.7. The minimum absolute atomic E-state index is 0.0351. The standard InChI is InChI=1S/C23H34N2O3/c1-25-15-13-19(14-16-25)18-6-8-20(9-7-18)23(27)24-21-10-3-17(4-11-21)5-12-22(26)28-2/h6-9,17,19,21H,3-5,10-16H2,1-2H3,(H,24,27). The van der Waals surface area contributed by atoms with Gasteiger partial charge in [0.25, 0.3) is 5.91 Å². The zero-order chi connectivity index (χ0) is 19.9. The summed E-state index contributed by atoms with van der Waals surface area (Å²) in [7, 11) is 3.62. The number of likely N-dealkylation sites (tertiary alicyclic amines) is 1. The third kappa shape index (κ3) is 5.81. The summed E-state index contributed by atoms with van der Waals surface area (Å²) in [5.41, 5.74) is 2.11. The lowest BCUT2D eigenvalue weighted by molar-refractivity contribution is -0.141. The van der Waals surface area contributed by atoms with Crippen LogP contribution in [0.5, 0.6) is 0 Å². The van der Waals surface area contributed by atoms with Gasteiger partial charge in [-0.05, 0) is 94.6 Å². The molecule has 1 saturated heterocycles. The van der Waals surface area contributed by atoms with Crippen molar-refractivity contribution in [3.05, 3.63) is 35.4 Å². The van der Waals surface area contributed by atoms with Crippen LogP contribution in [0.3, 0.4) is 0 Å². The van der Waals surface area contributed by atoms with Crippen LogP contribution in [-0.4, -0.2) is 50.1 Å². The third-order valence-electron chi connectivity index (χ3n) is 6.53. The molecule has 0 atom stereocenters. The van der Waals surface area contributed by atoms with Crippen molar-refractivity contribution in [3.8, 4) is 0 Å². The highest BCUT2D eigenvalue weighted by molar-refractivity contribution is 5.94. The van der Waals surface area contributed by atoms with Gasteiger partial charge in [0.05, 0.1) is 7.11 Å². The molecule has 1 aliphatic carbocycles. The first-order valence-electron chi connectivity index (χ1n) is 10.7. The highest BCUT2D eigenvalue weighted by atomic mass is 16.5. The summed E-state index contributed by atoms with van der Waals surface area (Å²) in [5.74, 6) is 1.10. The van der Waals surface area contributed by atoms with Crippen LogP contribution in [-0.2, 0) is 9.53 Å². The Bertz CT molecular complexity index is 642. The molecular weight excluding hydrogens is 352 g/mol. The van der Waals surface area contributed by atoms with Crippen molar-refractivity contribution in [1.82, 2.24) is 10.2 Å². The Morgan fingerprint density at radius 3 is 2.29 bits per heavy atom. The number of esters is 1. The summed E-state index contributed by atoms with van der Waals surface area (Å²) in [6, 6.07) is 8.47. The molecule has 1 aromatic rings. The normalized spacial score (nSPS) is 23.9. The largest absolute Gasteiger partial charge is 0.469 e. The Balaban J connectivity index is 1.43. The van der Waals surface area contributed by atoms with Crippen molar-refractivity contribution < 1.29 is 14.3 Å². The molecule has 1 aliphatic heterocycles. The van der Waals surface area contributed by atoms with E-state index >= 15 is 0 Å². The van der Waals surface area contributed by atoms with Crippen molar-refractivity contribution in [2.75, 3.05) is 27.2 Å². The second kappa shape index (κ2) is 10.1. The first kappa shape index (κ1) is 20.8. The predicted molar refractivity (Wildman–Crippen MR) is 110 cm³/mol. The maximum atomic E-state index is 12.6. The Hall–Kier alpha value is -1.88. The fraction of sp³-hybridized carbons (Fsp3) is 0.652. The number of benzene rings is 1. The van der Waals surface area contributed by atoms with E-state index in [-0.39, 0.29) is 17.9 Å². The van der Waals surface area contributed by atoms with E-state index in [1.165, 1.54) is 25.5 Å². The number of rotatable bonds is 6. The van der Waals surface area contributed by atoms with Gasteiger partial charge in [0.1, 0.15) is 0 Å². The second-order valence-corrected chi connectivity index (χ2v) is 8.51. The predicted octanol–water partition coefficient (Wildman–Crippen LogP) is 3.74. The molecule has 0 bridgehead atoms. The maximum absolute atomic E-state index is 12.6. The van der Waals surface area contributed by atoms with Crippen LogP contribution >= 0.6 is 0 Å². The molecule has 28 heavy (non-hydrogen) atoms. The lowest BCUT2D eigenvalue weighted by atomic mass is 9.83. The first-order chi connectivity index (χ1) is 13.5. The highest BCUT2D eigenvalue weighted by Crippen LogP contribution is 2.29. The number of hydrogen-bond acceptors (Lipinski definition) is 4. The molecule has 1 saturated carbocycles. The average Bonchev–Trinajstić information content (AvgIpc) is 2.73. The van der Waals surface area contributed by atoms with Crippen molar-refractivity contribution in [3.63, 3.8) is 0 Å². The number of nitrogens with zero attached hydrogens (tertiary/aromatic N) is 1. The topological polar surface area (TPSA) is 58.6 Å². The van der Waals surface area contributed by atoms with Crippen LogP contribution in [0.1, 0.15) is 73.2 Å². The molecule has 1 N–H and O–H groups in total. The van der Waals surface area contributed by atoms with Crippen LogP contribution in [0.4, 0.5) is 0 Å². The minimum Gasteiger partial charge on any atom is -0.469 e. The van der Waals surface area contributed by atoms with E-state index in [0.29, 0.717) is 18.3 Å². The third-order valence-corrected chi connectivity index (χ3v) is 6.53. The van der Waals surface area contributed by atoms with Gasteiger partial charge in [0.2, 0.25) is 0 Å². The molecular formula is C23H34N2O3. The number of ether oxygens (including phenoxy) is 1. The molecule has 2 fully saturated rings. The van der Waals surface area contributed by atoms with Gasteiger partial charge in [-0.25, -0.2) is 0 Å². The Kier molecular flexibility index (Phi) is 7.49. The SMILES string of the molecule is COC(=O)CCC1CCC(NC(=O)c2ccc(C3CCN(C)CC3)cc2)CC1. The van der Waals surface area contributed by atoms with Crippen LogP contribution in [0.25, 0.3) is 0 Å². The van der Waals surface area contributed by atoms with Gasteiger partial charge in [-0.2, -0.15) is 0 Å². The molecule has 5 heteroatoms. The smallest absolute Gasteiger partial charge is 0.305 e. The molecule has 5 nitrogen and oxygen atoms in total. The zero-order valence-electron chi connectivity index (χ0n) is 17.3. The van der Waals surface area contributed by atoms with E-state index in [1.807, 2.05) is 12.1 Å². The number of piperidine rings is 1. The fourth-order valence-corrected chi connectivity index (χ4v) is 4.54. The maximum Gasteiger partial charge on any atom is 0.305 e. The molecule has 3 rings (SSSR count). The minimum atomic E-state index is -0.126. The molecule has 1 amide bonds. The fourth-order valence-electron chi connectivity index (χ4n) is 4.54. The highest BCUT2D eigenvalue weighted by Gasteiger charge is 2.24. The van der Waals surface area contributed by atoms with Gasteiger partial charge in [-0.3, -0.25) is 9.59 Å². The van der Waals surface area contributed by atoms with E-state index in [4.69, 9.17) is 4.74 Å². The van der Waals surface area contributed by atoms with Gasteiger partial charge < -0.3 is 15.0 Å². The summed E-state index contributed by atoms with van der Waals surface area (Å²) in [4.78, 5) is 26.3. The summed E-state index contributed by atoms with van der Waals surface area (Å²) >= 11 is 0. The molecule has 0 aromatic heterocycles. The van der Waals surface area contributed by atoms with Gasteiger partial charge in [0.15, 0.2) is 0 Å². The molecule has 2 aliphatic rings. The Morgan fingerprint density at radius 1 is 1.04 bits per heavy atom. The summed E-state index contributed by atoms with van der Waals surface area (Å²) in [5, 5.41) is 3.20. The lowest BCUT2D eigenvalue weighted by Crippen LogP contribution is -2.37. The van der Waals surface area contributed by atoms with E-state index in [9.17, 15) is 9.59 Å². The number of nitrogens with one attached hydrogen (secondary N) is 1. The summed E-state index contributed by atoms with van der Waals surface area (Å²) in [6.45, 7) is 2.30. The Labute approximate surface area is 168 Å². The lowest BCUT2D eigenvalue weighted by Gasteiger charge is -2.29. The summed E-state index contributed by atoms with van der Waals surface area (Å²) in [6.07, 6.45) is 7.90. The van der Waals surface area contributed by atoms with Crippen LogP contribution in [0.15, 0.2) is 24.3 Å². The second-order valence-electron chi connectivity index (χ2n) is 8.51. The monoisotopic (exact) mass is 386 g/mol. The van der Waals surface area contributed by atoms with Crippen molar-refractivity contribution in [2.24, 2.45) is 5.92 Å². The molecule has 154 valence electrons. The number of hydrogen-bond donors (Lipinski definition) is 1. The van der Waals surface area contributed by atoms with Gasteiger partial charge in [-0.1, -0.05) is 12.1 Å². The molecule has 1 aromatic carbocycles. The average molecular weight is 387 g/mol. The van der Waals surface area contributed by atoms with Gasteiger partial charge >= 0.3 is 5.97 Å². The molecule has 0 radical (unpaired) electrons.